The molecule has 0 saturated heterocycles. The van der Waals surface area contributed by atoms with E-state index in [4.69, 9.17) is 5.73 Å². The number of halogens is 1. The van der Waals surface area contributed by atoms with Gasteiger partial charge in [0.05, 0.1) is 3.79 Å². The number of anilines is 2. The van der Waals surface area contributed by atoms with Gasteiger partial charge in [0, 0.05) is 46.0 Å². The van der Waals surface area contributed by atoms with Crippen LogP contribution in [0.15, 0.2) is 46.5 Å². The van der Waals surface area contributed by atoms with Crippen LogP contribution in [0.25, 0.3) is 10.8 Å². The average Bonchev–Trinajstić information content (AvgIpc) is 2.87. The van der Waals surface area contributed by atoms with Gasteiger partial charge in [0.1, 0.15) is 0 Å². The molecule has 0 aliphatic carbocycles. The highest BCUT2D eigenvalue weighted by atomic mass is 79.9. The first-order valence-electron chi connectivity index (χ1n) is 6.34. The molecule has 0 bridgehead atoms. The van der Waals surface area contributed by atoms with Crippen molar-refractivity contribution in [2.45, 2.75) is 6.42 Å². The molecule has 102 valence electrons. The van der Waals surface area contributed by atoms with Crippen LogP contribution in [0, 0.1) is 0 Å². The zero-order valence-corrected chi connectivity index (χ0v) is 13.2. The molecule has 0 aliphatic heterocycles. The van der Waals surface area contributed by atoms with Gasteiger partial charge in [-0.3, -0.25) is 4.98 Å². The molecule has 3 aromatic rings. The number of aromatic nitrogens is 1. The van der Waals surface area contributed by atoms with Crippen LogP contribution in [0.1, 0.15) is 4.88 Å². The number of benzene rings is 1. The van der Waals surface area contributed by atoms with Crippen molar-refractivity contribution < 1.29 is 0 Å². The Morgan fingerprint density at radius 3 is 2.85 bits per heavy atom. The first-order chi connectivity index (χ1) is 9.74. The van der Waals surface area contributed by atoms with Gasteiger partial charge < -0.3 is 11.1 Å². The Balaban J connectivity index is 1.76. The highest BCUT2D eigenvalue weighted by molar-refractivity contribution is 9.11. The predicted molar refractivity (Wildman–Crippen MR) is 90.4 cm³/mol. The standard InChI is InChI=1S/C15H14BrN3S/c16-15-4-1-10(20-15)5-8-19-14-3-2-13(17)11-6-7-18-9-12(11)14/h1-4,6-7,9,19H,5,8,17H2. The Morgan fingerprint density at radius 2 is 2.05 bits per heavy atom. The van der Waals surface area contributed by atoms with Crippen molar-refractivity contribution in [3.63, 3.8) is 0 Å². The summed E-state index contributed by atoms with van der Waals surface area (Å²) in [5.41, 5.74) is 7.86. The van der Waals surface area contributed by atoms with Crippen molar-refractivity contribution in [3.8, 4) is 0 Å². The van der Waals surface area contributed by atoms with E-state index in [9.17, 15) is 0 Å². The van der Waals surface area contributed by atoms with Gasteiger partial charge in [-0.15, -0.1) is 11.3 Å². The van der Waals surface area contributed by atoms with Crippen LogP contribution in [-0.4, -0.2) is 11.5 Å². The van der Waals surface area contributed by atoms with Gasteiger partial charge in [0.15, 0.2) is 0 Å². The summed E-state index contributed by atoms with van der Waals surface area (Å²) in [5, 5.41) is 5.58. The van der Waals surface area contributed by atoms with Crippen molar-refractivity contribution in [2.75, 3.05) is 17.6 Å². The summed E-state index contributed by atoms with van der Waals surface area (Å²) >= 11 is 5.26. The second-order valence-corrected chi connectivity index (χ2v) is 7.05. The van der Waals surface area contributed by atoms with Crippen molar-refractivity contribution in [3.05, 3.63) is 51.4 Å². The minimum absolute atomic E-state index is 0.787. The monoisotopic (exact) mass is 347 g/mol. The van der Waals surface area contributed by atoms with Crippen LogP contribution >= 0.6 is 27.3 Å². The lowest BCUT2D eigenvalue weighted by Crippen LogP contribution is -2.04. The van der Waals surface area contributed by atoms with Crippen LogP contribution < -0.4 is 11.1 Å². The molecule has 0 unspecified atom stereocenters. The van der Waals surface area contributed by atoms with Crippen molar-refractivity contribution in [1.29, 1.82) is 0 Å². The molecular formula is C15H14BrN3S. The molecule has 0 atom stereocenters. The molecule has 20 heavy (non-hydrogen) atoms. The SMILES string of the molecule is Nc1ccc(NCCc2ccc(Br)s2)c2cnccc12. The molecule has 0 amide bonds. The molecule has 0 saturated carbocycles. The smallest absolute Gasteiger partial charge is 0.0701 e. The van der Waals surface area contributed by atoms with E-state index in [2.05, 4.69) is 38.4 Å². The van der Waals surface area contributed by atoms with Gasteiger partial charge in [-0.25, -0.2) is 0 Å². The number of rotatable bonds is 4. The normalized spacial score (nSPS) is 10.8. The molecule has 2 aromatic heterocycles. The number of hydrogen-bond donors (Lipinski definition) is 2. The van der Waals surface area contributed by atoms with E-state index in [0.717, 1.165) is 35.1 Å². The van der Waals surface area contributed by atoms with Crippen LogP contribution in [0.4, 0.5) is 11.4 Å². The summed E-state index contributed by atoms with van der Waals surface area (Å²) in [7, 11) is 0. The van der Waals surface area contributed by atoms with Crippen molar-refractivity contribution >= 4 is 49.4 Å². The third kappa shape index (κ3) is 2.78. The zero-order chi connectivity index (χ0) is 13.9. The second kappa shape index (κ2) is 5.81. The number of nitrogens with zero attached hydrogens (tertiary/aromatic N) is 1. The van der Waals surface area contributed by atoms with Gasteiger partial charge in [0.2, 0.25) is 0 Å². The number of nitrogens with two attached hydrogens (primary N) is 1. The summed E-state index contributed by atoms with van der Waals surface area (Å²) in [6, 6.07) is 10.1. The number of nitrogen functional groups attached to an aromatic ring is 1. The summed E-state index contributed by atoms with van der Waals surface area (Å²) in [6.45, 7) is 0.890. The van der Waals surface area contributed by atoms with E-state index < -0.39 is 0 Å². The lowest BCUT2D eigenvalue weighted by atomic mass is 10.1. The average molecular weight is 348 g/mol. The molecule has 5 heteroatoms. The van der Waals surface area contributed by atoms with E-state index in [1.165, 1.54) is 8.66 Å². The summed E-state index contributed by atoms with van der Waals surface area (Å²) in [5.74, 6) is 0. The Labute approximate surface area is 130 Å². The second-order valence-electron chi connectivity index (χ2n) is 4.51. The highest BCUT2D eigenvalue weighted by Gasteiger charge is 2.04. The van der Waals surface area contributed by atoms with Crippen LogP contribution in [0.5, 0.6) is 0 Å². The summed E-state index contributed by atoms with van der Waals surface area (Å²) in [4.78, 5) is 5.55. The van der Waals surface area contributed by atoms with E-state index in [1.54, 1.807) is 17.5 Å². The first-order valence-corrected chi connectivity index (χ1v) is 7.95. The van der Waals surface area contributed by atoms with E-state index >= 15 is 0 Å². The zero-order valence-electron chi connectivity index (χ0n) is 10.8. The van der Waals surface area contributed by atoms with Crippen LogP contribution in [-0.2, 0) is 6.42 Å². The van der Waals surface area contributed by atoms with Gasteiger partial charge in [-0.05, 0) is 52.7 Å². The molecule has 3 nitrogen and oxygen atoms in total. The van der Waals surface area contributed by atoms with E-state index in [-0.39, 0.29) is 0 Å². The maximum absolute atomic E-state index is 5.99. The van der Waals surface area contributed by atoms with E-state index in [0.29, 0.717) is 0 Å². The maximum Gasteiger partial charge on any atom is 0.0701 e. The third-order valence-electron chi connectivity index (χ3n) is 3.17. The van der Waals surface area contributed by atoms with E-state index in [1.807, 2.05) is 24.4 Å². The molecule has 0 aliphatic rings. The minimum Gasteiger partial charge on any atom is -0.398 e. The van der Waals surface area contributed by atoms with Crippen LogP contribution in [0.2, 0.25) is 0 Å². The highest BCUT2D eigenvalue weighted by Crippen LogP contribution is 2.27. The van der Waals surface area contributed by atoms with Crippen molar-refractivity contribution in [2.24, 2.45) is 0 Å². The maximum atomic E-state index is 5.99. The largest absolute Gasteiger partial charge is 0.398 e. The van der Waals surface area contributed by atoms with Crippen molar-refractivity contribution in [1.82, 2.24) is 4.98 Å². The first kappa shape index (κ1) is 13.4. The fourth-order valence-electron chi connectivity index (χ4n) is 2.17. The fraction of sp³-hybridized carbons (Fsp3) is 0.133. The Morgan fingerprint density at radius 1 is 1.15 bits per heavy atom. The number of fused-ring (bicyclic) bond motifs is 1. The summed E-state index contributed by atoms with van der Waals surface area (Å²) in [6.07, 6.45) is 4.63. The number of nitrogens with one attached hydrogen (secondary N) is 1. The number of pyridine rings is 1. The predicted octanol–water partition coefficient (Wildman–Crippen LogP) is 4.30. The lowest BCUT2D eigenvalue weighted by Gasteiger charge is -2.10. The molecule has 0 radical (unpaired) electrons. The lowest BCUT2D eigenvalue weighted by molar-refractivity contribution is 1.05. The molecule has 2 heterocycles. The van der Waals surface area contributed by atoms with Gasteiger partial charge in [-0.1, -0.05) is 0 Å². The topological polar surface area (TPSA) is 50.9 Å². The molecule has 0 spiro atoms. The molecule has 3 rings (SSSR count). The third-order valence-corrected chi connectivity index (χ3v) is 4.85. The van der Waals surface area contributed by atoms with Gasteiger partial charge in [-0.2, -0.15) is 0 Å². The molecule has 1 aromatic carbocycles. The quantitative estimate of drug-likeness (QED) is 0.692. The Bertz CT molecular complexity index is 739. The molecule has 0 fully saturated rings. The molecular weight excluding hydrogens is 334 g/mol. The Kier molecular flexibility index (Phi) is 3.89. The van der Waals surface area contributed by atoms with Crippen LogP contribution in [0.3, 0.4) is 0 Å². The minimum atomic E-state index is 0.787. The molecule has 3 N–H and O–H groups in total. The van der Waals surface area contributed by atoms with Gasteiger partial charge in [0.25, 0.3) is 0 Å². The van der Waals surface area contributed by atoms with Gasteiger partial charge >= 0.3 is 0 Å². The fourth-order valence-corrected chi connectivity index (χ4v) is 3.66. The number of thiophene rings is 1. The Hall–Kier alpha value is -1.59. The number of hydrogen-bond acceptors (Lipinski definition) is 4. The summed E-state index contributed by atoms with van der Waals surface area (Å²) < 4.78 is 1.18.